The first-order valence-corrected chi connectivity index (χ1v) is 11.4. The van der Waals surface area contributed by atoms with Crippen molar-refractivity contribution in [2.45, 2.75) is 79.6 Å². The molecular formula is C17H32N3O6P. The summed E-state index contributed by atoms with van der Waals surface area (Å²) in [6.07, 6.45) is -0.716. The zero-order valence-electron chi connectivity index (χ0n) is 17.3. The monoisotopic (exact) mass is 405 g/mol. The zero-order valence-corrected chi connectivity index (χ0v) is 18.2. The van der Waals surface area contributed by atoms with E-state index in [1.807, 2.05) is 55.4 Å². The Labute approximate surface area is 160 Å². The van der Waals surface area contributed by atoms with Crippen LogP contribution in [0.2, 0.25) is 0 Å². The number of rotatable bonds is 5. The number of amides is 1. The predicted molar refractivity (Wildman–Crippen MR) is 101 cm³/mol. The maximum atomic E-state index is 13.0. The van der Waals surface area contributed by atoms with E-state index in [1.165, 1.54) is 4.90 Å². The molecule has 0 bridgehead atoms. The molecule has 0 aliphatic carbocycles. The summed E-state index contributed by atoms with van der Waals surface area (Å²) in [5.41, 5.74) is 0. The van der Waals surface area contributed by atoms with Gasteiger partial charge in [-0.05, 0) is 0 Å². The maximum absolute atomic E-state index is 13.0. The number of carbonyl (C=O) groups excluding carboxylic acids is 3. The normalized spacial score (nSPS) is 27.8. The van der Waals surface area contributed by atoms with Gasteiger partial charge in [0, 0.05) is 0 Å². The van der Waals surface area contributed by atoms with Crippen molar-refractivity contribution in [1.82, 2.24) is 15.1 Å². The molecule has 10 heteroatoms. The molecule has 2 rings (SSSR count). The Morgan fingerprint density at radius 2 is 1.26 bits per heavy atom. The molecule has 2 heterocycles. The van der Waals surface area contributed by atoms with Crippen LogP contribution in [0.15, 0.2) is 0 Å². The Morgan fingerprint density at radius 1 is 0.889 bits per heavy atom. The summed E-state index contributed by atoms with van der Waals surface area (Å²) < 4.78 is 16.9. The molecule has 0 aromatic heterocycles. The molecule has 0 unspecified atom stereocenters. The van der Waals surface area contributed by atoms with E-state index in [4.69, 9.17) is 13.6 Å². The van der Waals surface area contributed by atoms with Crippen molar-refractivity contribution >= 4 is 25.6 Å². The fraction of sp³-hybridized carbons (Fsp3) is 0.824. The summed E-state index contributed by atoms with van der Waals surface area (Å²) in [6, 6.07) is -1.83. The molecule has 2 aliphatic rings. The minimum atomic E-state index is -4.70. The Morgan fingerprint density at radius 3 is 1.52 bits per heavy atom. The van der Waals surface area contributed by atoms with Crippen LogP contribution in [0.5, 0.6) is 0 Å². The molecule has 1 amide bonds. The summed E-state index contributed by atoms with van der Waals surface area (Å²) in [6.45, 7) is 14.7. The van der Waals surface area contributed by atoms with Crippen molar-refractivity contribution in [3.05, 3.63) is 0 Å². The van der Waals surface area contributed by atoms with Crippen LogP contribution in [0, 0.1) is 11.8 Å². The van der Waals surface area contributed by atoms with E-state index in [2.05, 4.69) is 10.2 Å². The van der Waals surface area contributed by atoms with Crippen LogP contribution < -0.4 is 10.2 Å². The second kappa shape index (κ2) is 7.18. The Hall–Kier alpha value is -1.44. The molecule has 1 spiro atoms. The zero-order chi connectivity index (χ0) is 20.8. The quantitative estimate of drug-likeness (QED) is 0.673. The summed E-state index contributed by atoms with van der Waals surface area (Å²) in [5, 5.41) is 5.89. The molecule has 0 aromatic rings. The van der Waals surface area contributed by atoms with Crippen LogP contribution >= 0.6 is 7.59 Å². The van der Waals surface area contributed by atoms with Crippen LogP contribution in [-0.2, 0) is 23.2 Å². The number of hydrogen-bond donors (Lipinski definition) is 2. The van der Waals surface area contributed by atoms with E-state index in [0.717, 1.165) is 0 Å². The van der Waals surface area contributed by atoms with Gasteiger partial charge in [0.2, 0.25) is 0 Å². The van der Waals surface area contributed by atoms with Gasteiger partial charge in [-0.15, -0.1) is 0 Å². The molecule has 9 nitrogen and oxygen atoms in total. The van der Waals surface area contributed by atoms with Gasteiger partial charge in [0.1, 0.15) is 0 Å². The van der Waals surface area contributed by atoms with Gasteiger partial charge >= 0.3 is 160 Å². The molecule has 156 valence electrons. The number of nitrogens with zero attached hydrogens (tertiary/aromatic N) is 1. The van der Waals surface area contributed by atoms with Gasteiger partial charge in [-0.3, -0.25) is 0 Å². The fourth-order valence-corrected chi connectivity index (χ4v) is 6.85. The fourth-order valence-electron chi connectivity index (χ4n) is 3.33. The molecule has 2 atom stereocenters. The molecule has 2 N–H and O–H groups in total. The van der Waals surface area contributed by atoms with Crippen molar-refractivity contribution in [3.8, 4) is 0 Å². The van der Waals surface area contributed by atoms with Crippen LogP contribution in [0.3, 0.4) is 0 Å². The van der Waals surface area contributed by atoms with Crippen molar-refractivity contribution in [2.75, 3.05) is 0 Å². The van der Waals surface area contributed by atoms with Gasteiger partial charge in [0.05, 0.1) is 0 Å². The van der Waals surface area contributed by atoms with E-state index in [0.29, 0.717) is 0 Å². The molecule has 2 aliphatic heterocycles. The molecule has 2 fully saturated rings. The topological polar surface area (TPSA) is 106 Å². The van der Waals surface area contributed by atoms with Gasteiger partial charge in [0.25, 0.3) is 0 Å². The van der Waals surface area contributed by atoms with Crippen LogP contribution in [0.1, 0.15) is 55.4 Å². The van der Waals surface area contributed by atoms with Gasteiger partial charge in [-0.1, -0.05) is 0 Å². The van der Waals surface area contributed by atoms with Gasteiger partial charge in [-0.25, -0.2) is 0 Å². The van der Waals surface area contributed by atoms with Crippen LogP contribution in [-0.4, -0.2) is 47.1 Å². The van der Waals surface area contributed by atoms with E-state index >= 15 is 0 Å². The molecular weight excluding hydrogens is 373 g/mol. The van der Waals surface area contributed by atoms with Gasteiger partial charge in [0.15, 0.2) is 0 Å². The average Bonchev–Trinajstić information content (AvgIpc) is 2.93. The molecule has 27 heavy (non-hydrogen) atoms. The second-order valence-electron chi connectivity index (χ2n) is 8.36. The molecule has 2 saturated heterocycles. The van der Waals surface area contributed by atoms with E-state index in [-0.39, 0.29) is 23.9 Å². The summed E-state index contributed by atoms with van der Waals surface area (Å²) in [4.78, 5) is 39.5. The Kier molecular flexibility index (Phi) is 5.82. The first-order valence-electron chi connectivity index (χ1n) is 9.40. The number of hydrogen-bond acceptors (Lipinski definition) is 8. The average molecular weight is 405 g/mol. The Balaban J connectivity index is 2.46. The van der Waals surface area contributed by atoms with E-state index in [9.17, 15) is 14.4 Å². The molecule has 0 saturated carbocycles. The Bertz CT molecular complexity index is 592. The third-order valence-electron chi connectivity index (χ3n) is 4.64. The van der Waals surface area contributed by atoms with Crippen molar-refractivity contribution in [2.24, 2.45) is 11.8 Å². The third kappa shape index (κ3) is 3.91. The third-order valence-corrected chi connectivity index (χ3v) is 7.60. The summed E-state index contributed by atoms with van der Waals surface area (Å²) in [7, 11) is -4.70. The summed E-state index contributed by atoms with van der Waals surface area (Å²) >= 11 is 0. The van der Waals surface area contributed by atoms with Crippen molar-refractivity contribution in [3.63, 3.8) is 0 Å². The number of carbonyl (C=O) groups is 3. The van der Waals surface area contributed by atoms with Crippen LogP contribution in [0.25, 0.3) is 0 Å². The minimum absolute atomic E-state index is 0.150. The standard InChI is InChI=1S/C17H32N3O6P/c1-9(2)13-15(21)24-27(18-13,19-14(10(3)4)16(22)25-27)26-17(23)20(11(5)6)12(7)8/h9-14,18-19H,1-8H3/t13-,14-/m0/s1. The second-order valence-corrected chi connectivity index (χ2v) is 11.2. The summed E-state index contributed by atoms with van der Waals surface area (Å²) in [5.74, 6) is -1.52. The first-order chi connectivity index (χ1) is 12.3. The van der Waals surface area contributed by atoms with Crippen molar-refractivity contribution in [1.29, 1.82) is 0 Å². The van der Waals surface area contributed by atoms with E-state index in [1.54, 1.807) is 0 Å². The van der Waals surface area contributed by atoms with Crippen molar-refractivity contribution < 1.29 is 28.0 Å². The molecule has 0 radical (unpaired) electrons. The first kappa shape index (κ1) is 21.9. The predicted octanol–water partition coefficient (Wildman–Crippen LogP) is 2.71. The number of nitrogens with one attached hydrogen (secondary N) is 2. The van der Waals surface area contributed by atoms with E-state index < -0.39 is 37.7 Å². The molecule has 0 aromatic carbocycles. The SMILES string of the molecule is CC(C)[C@@H]1NP2(OC(=O)N(C(C)C)C(C)C)(N[C@@H](C(C)C)C(=O)O2)OC1=O. The van der Waals surface area contributed by atoms with Gasteiger partial charge in [-0.2, -0.15) is 0 Å². The van der Waals surface area contributed by atoms with Crippen LogP contribution in [0.4, 0.5) is 4.79 Å². The van der Waals surface area contributed by atoms with Gasteiger partial charge < -0.3 is 0 Å².